The van der Waals surface area contributed by atoms with Gasteiger partial charge in [0.05, 0.1) is 0 Å². The predicted octanol–water partition coefficient (Wildman–Crippen LogP) is 3.41. The van der Waals surface area contributed by atoms with Crippen LogP contribution in [-0.2, 0) is 0 Å². The van der Waals surface area contributed by atoms with Crippen LogP contribution < -0.4 is 10.2 Å². The standard InChI is InChI=1S/C15H23ClN2/c1-12(2)9-17-10-13-6-7-18(11-13)15-5-3-4-14(16)8-15/h3-5,8,12-13,17H,6-7,9-11H2,1-2H3. The Morgan fingerprint density at radius 1 is 1.44 bits per heavy atom. The first kappa shape index (κ1) is 13.7. The number of halogens is 1. The van der Waals surface area contributed by atoms with E-state index in [1.54, 1.807) is 0 Å². The number of anilines is 1. The molecule has 100 valence electrons. The molecule has 0 aromatic heterocycles. The molecular formula is C15H23ClN2. The lowest BCUT2D eigenvalue weighted by atomic mass is 10.1. The monoisotopic (exact) mass is 266 g/mol. The Hall–Kier alpha value is -0.730. The van der Waals surface area contributed by atoms with Gasteiger partial charge in [-0.25, -0.2) is 0 Å². The molecule has 1 saturated heterocycles. The summed E-state index contributed by atoms with van der Waals surface area (Å²) in [6.07, 6.45) is 1.28. The van der Waals surface area contributed by atoms with Gasteiger partial charge in [-0.3, -0.25) is 0 Å². The maximum absolute atomic E-state index is 6.04. The molecule has 3 heteroatoms. The SMILES string of the molecule is CC(C)CNCC1CCN(c2cccc(Cl)c2)C1. The van der Waals surface area contributed by atoms with Crippen LogP contribution in [0.3, 0.4) is 0 Å². The normalized spacial score (nSPS) is 19.8. The topological polar surface area (TPSA) is 15.3 Å². The van der Waals surface area contributed by atoms with E-state index in [9.17, 15) is 0 Å². The molecule has 0 saturated carbocycles. The van der Waals surface area contributed by atoms with Crippen molar-refractivity contribution in [2.24, 2.45) is 11.8 Å². The number of nitrogens with one attached hydrogen (secondary N) is 1. The third-order valence-electron chi connectivity index (χ3n) is 3.44. The Kier molecular flexibility index (Phi) is 4.90. The molecule has 1 aliphatic rings. The van der Waals surface area contributed by atoms with Crippen molar-refractivity contribution < 1.29 is 0 Å². The Morgan fingerprint density at radius 2 is 2.28 bits per heavy atom. The van der Waals surface area contributed by atoms with E-state index >= 15 is 0 Å². The van der Waals surface area contributed by atoms with Crippen LogP contribution in [0.5, 0.6) is 0 Å². The van der Waals surface area contributed by atoms with Crippen LogP contribution >= 0.6 is 11.6 Å². The fraction of sp³-hybridized carbons (Fsp3) is 0.600. The first-order valence-corrected chi connectivity index (χ1v) is 7.24. The van der Waals surface area contributed by atoms with E-state index in [1.807, 2.05) is 12.1 Å². The molecule has 0 bridgehead atoms. The van der Waals surface area contributed by atoms with Gasteiger partial charge in [0.15, 0.2) is 0 Å². The van der Waals surface area contributed by atoms with Crippen LogP contribution in [0.1, 0.15) is 20.3 Å². The quantitative estimate of drug-likeness (QED) is 0.879. The Morgan fingerprint density at radius 3 is 3.00 bits per heavy atom. The summed E-state index contributed by atoms with van der Waals surface area (Å²) in [4.78, 5) is 2.44. The first-order chi connectivity index (χ1) is 8.65. The summed E-state index contributed by atoms with van der Waals surface area (Å²) in [5, 5.41) is 4.39. The zero-order valence-electron chi connectivity index (χ0n) is 11.3. The second kappa shape index (κ2) is 6.44. The summed E-state index contributed by atoms with van der Waals surface area (Å²) in [5.74, 6) is 1.50. The van der Waals surface area contributed by atoms with Crippen molar-refractivity contribution in [2.75, 3.05) is 31.1 Å². The molecule has 18 heavy (non-hydrogen) atoms. The number of nitrogens with zero attached hydrogens (tertiary/aromatic N) is 1. The van der Waals surface area contributed by atoms with E-state index in [0.29, 0.717) is 0 Å². The van der Waals surface area contributed by atoms with Gasteiger partial charge >= 0.3 is 0 Å². The van der Waals surface area contributed by atoms with Crippen molar-refractivity contribution in [2.45, 2.75) is 20.3 Å². The van der Waals surface area contributed by atoms with Gasteiger partial charge in [0, 0.05) is 23.8 Å². The number of hydrogen-bond acceptors (Lipinski definition) is 2. The van der Waals surface area contributed by atoms with Crippen molar-refractivity contribution in [1.82, 2.24) is 5.32 Å². The average molecular weight is 267 g/mol. The van der Waals surface area contributed by atoms with E-state index in [-0.39, 0.29) is 0 Å². The molecule has 1 unspecified atom stereocenters. The van der Waals surface area contributed by atoms with E-state index in [2.05, 4.69) is 36.2 Å². The summed E-state index contributed by atoms with van der Waals surface area (Å²) in [6.45, 7) is 9.04. The third-order valence-corrected chi connectivity index (χ3v) is 3.68. The van der Waals surface area contributed by atoms with Gasteiger partial charge in [0.1, 0.15) is 0 Å². The molecule has 1 aromatic rings. The number of benzene rings is 1. The highest BCUT2D eigenvalue weighted by atomic mass is 35.5. The maximum atomic E-state index is 6.04. The van der Waals surface area contributed by atoms with Gasteiger partial charge in [-0.2, -0.15) is 0 Å². The van der Waals surface area contributed by atoms with E-state index in [1.165, 1.54) is 12.1 Å². The van der Waals surface area contributed by atoms with E-state index in [0.717, 1.165) is 43.0 Å². The highest BCUT2D eigenvalue weighted by molar-refractivity contribution is 6.30. The summed E-state index contributed by atoms with van der Waals surface area (Å²) in [5.41, 5.74) is 1.26. The van der Waals surface area contributed by atoms with Gasteiger partial charge in [-0.1, -0.05) is 31.5 Å². The number of rotatable bonds is 5. The van der Waals surface area contributed by atoms with Crippen LogP contribution in [0.15, 0.2) is 24.3 Å². The number of hydrogen-bond donors (Lipinski definition) is 1. The van der Waals surface area contributed by atoms with Crippen molar-refractivity contribution >= 4 is 17.3 Å². The summed E-state index contributed by atoms with van der Waals surface area (Å²) in [7, 11) is 0. The van der Waals surface area contributed by atoms with Crippen LogP contribution in [0, 0.1) is 11.8 Å². The molecular weight excluding hydrogens is 244 g/mol. The zero-order chi connectivity index (χ0) is 13.0. The highest BCUT2D eigenvalue weighted by Gasteiger charge is 2.22. The zero-order valence-corrected chi connectivity index (χ0v) is 12.1. The summed E-state index contributed by atoms with van der Waals surface area (Å²) < 4.78 is 0. The van der Waals surface area contributed by atoms with E-state index < -0.39 is 0 Å². The maximum Gasteiger partial charge on any atom is 0.0426 e. The van der Waals surface area contributed by atoms with E-state index in [4.69, 9.17) is 11.6 Å². The smallest absolute Gasteiger partial charge is 0.0426 e. The van der Waals surface area contributed by atoms with Crippen LogP contribution in [0.25, 0.3) is 0 Å². The third kappa shape index (κ3) is 3.89. The van der Waals surface area contributed by atoms with Gasteiger partial charge < -0.3 is 10.2 Å². The van der Waals surface area contributed by atoms with Gasteiger partial charge in [0.2, 0.25) is 0 Å². The van der Waals surface area contributed by atoms with Gasteiger partial charge in [0.25, 0.3) is 0 Å². The minimum atomic E-state index is 0.732. The van der Waals surface area contributed by atoms with Gasteiger partial charge in [-0.05, 0) is 49.5 Å². The van der Waals surface area contributed by atoms with Crippen molar-refractivity contribution in [3.05, 3.63) is 29.3 Å². The fourth-order valence-electron chi connectivity index (χ4n) is 2.48. The fourth-order valence-corrected chi connectivity index (χ4v) is 2.67. The summed E-state index contributed by atoms with van der Waals surface area (Å²) >= 11 is 6.04. The second-order valence-corrected chi connectivity index (χ2v) is 6.07. The minimum absolute atomic E-state index is 0.732. The molecule has 2 nitrogen and oxygen atoms in total. The molecule has 1 aliphatic heterocycles. The van der Waals surface area contributed by atoms with Crippen LogP contribution in [0.2, 0.25) is 5.02 Å². The Bertz CT molecular complexity index is 379. The molecule has 1 heterocycles. The molecule has 0 aliphatic carbocycles. The second-order valence-electron chi connectivity index (χ2n) is 5.63. The Balaban J connectivity index is 1.81. The predicted molar refractivity (Wildman–Crippen MR) is 79.5 cm³/mol. The molecule has 1 aromatic carbocycles. The van der Waals surface area contributed by atoms with Crippen LogP contribution in [0.4, 0.5) is 5.69 Å². The van der Waals surface area contributed by atoms with Crippen molar-refractivity contribution in [3.63, 3.8) is 0 Å². The molecule has 0 spiro atoms. The average Bonchev–Trinajstić information content (AvgIpc) is 2.77. The first-order valence-electron chi connectivity index (χ1n) is 6.86. The lowest BCUT2D eigenvalue weighted by molar-refractivity contribution is 0.477. The Labute approximate surface area is 115 Å². The lowest BCUT2D eigenvalue weighted by Crippen LogP contribution is -2.28. The molecule has 1 N–H and O–H groups in total. The highest BCUT2D eigenvalue weighted by Crippen LogP contribution is 2.25. The minimum Gasteiger partial charge on any atom is -0.371 e. The summed E-state index contributed by atoms with van der Waals surface area (Å²) in [6, 6.07) is 8.17. The van der Waals surface area contributed by atoms with Crippen LogP contribution in [-0.4, -0.2) is 26.2 Å². The largest absolute Gasteiger partial charge is 0.371 e. The lowest BCUT2D eigenvalue weighted by Gasteiger charge is -2.19. The molecule has 1 fully saturated rings. The van der Waals surface area contributed by atoms with Crippen molar-refractivity contribution in [1.29, 1.82) is 0 Å². The molecule has 0 radical (unpaired) electrons. The molecule has 2 rings (SSSR count). The molecule has 0 amide bonds. The van der Waals surface area contributed by atoms with Gasteiger partial charge in [-0.15, -0.1) is 0 Å². The van der Waals surface area contributed by atoms with Crippen molar-refractivity contribution in [3.8, 4) is 0 Å². The molecule has 1 atom stereocenters.